The third kappa shape index (κ3) is 3.29. The van der Waals surface area contributed by atoms with Gasteiger partial charge < -0.3 is 5.11 Å². The lowest BCUT2D eigenvalue weighted by Gasteiger charge is -2.16. The standard InChI is InChI=1S/C14H14F3N5OS/c1-13(2,23)5-7-24-11-10-20-21-12(14(15,16)17)22(10)9-8(19-11)4-3-6-18-9/h3-4,6,23H,5,7H2,1-2H3. The van der Waals surface area contributed by atoms with Crippen LogP contribution in [0.1, 0.15) is 26.1 Å². The highest BCUT2D eigenvalue weighted by Gasteiger charge is 2.38. The van der Waals surface area contributed by atoms with Crippen LogP contribution < -0.4 is 0 Å². The van der Waals surface area contributed by atoms with Crippen molar-refractivity contribution in [2.75, 3.05) is 5.75 Å². The number of pyridine rings is 1. The fraction of sp³-hybridized carbons (Fsp3) is 0.429. The molecule has 0 saturated heterocycles. The van der Waals surface area contributed by atoms with Gasteiger partial charge in [-0.15, -0.1) is 22.0 Å². The van der Waals surface area contributed by atoms with Crippen LogP contribution in [0.15, 0.2) is 23.4 Å². The summed E-state index contributed by atoms with van der Waals surface area (Å²) in [7, 11) is 0. The van der Waals surface area contributed by atoms with E-state index in [2.05, 4.69) is 20.2 Å². The first kappa shape index (κ1) is 16.9. The Morgan fingerprint density at radius 1 is 1.21 bits per heavy atom. The molecular formula is C14H14F3N5OS. The number of hydrogen-bond donors (Lipinski definition) is 1. The highest BCUT2D eigenvalue weighted by molar-refractivity contribution is 7.99. The lowest BCUT2D eigenvalue weighted by atomic mass is 10.1. The van der Waals surface area contributed by atoms with Gasteiger partial charge in [0.15, 0.2) is 11.3 Å². The SMILES string of the molecule is CC(C)(O)CCSc1nc2cccnc2n2c(C(F)(F)F)nnc12. The van der Waals surface area contributed by atoms with E-state index in [1.165, 1.54) is 18.0 Å². The molecule has 0 atom stereocenters. The van der Waals surface area contributed by atoms with E-state index in [9.17, 15) is 18.3 Å². The Morgan fingerprint density at radius 2 is 1.96 bits per heavy atom. The number of halogens is 3. The van der Waals surface area contributed by atoms with E-state index in [1.54, 1.807) is 26.0 Å². The topological polar surface area (TPSA) is 76.2 Å². The molecule has 10 heteroatoms. The molecule has 0 spiro atoms. The molecule has 0 aromatic carbocycles. The Hall–Kier alpha value is -1.94. The summed E-state index contributed by atoms with van der Waals surface area (Å²) in [4.78, 5) is 8.33. The monoisotopic (exact) mass is 357 g/mol. The normalized spacial score (nSPS) is 13.1. The molecule has 0 saturated carbocycles. The van der Waals surface area contributed by atoms with Crippen LogP contribution in [0.25, 0.3) is 16.8 Å². The second-order valence-corrected chi connectivity index (χ2v) is 6.94. The second-order valence-electron chi connectivity index (χ2n) is 5.85. The minimum absolute atomic E-state index is 0.00858. The van der Waals surface area contributed by atoms with E-state index >= 15 is 0 Å². The van der Waals surface area contributed by atoms with Crippen LogP contribution in [0.2, 0.25) is 0 Å². The van der Waals surface area contributed by atoms with Gasteiger partial charge in [0.1, 0.15) is 10.5 Å². The summed E-state index contributed by atoms with van der Waals surface area (Å²) < 4.78 is 40.5. The van der Waals surface area contributed by atoms with Crippen LogP contribution in [0.5, 0.6) is 0 Å². The average Bonchev–Trinajstić information content (AvgIpc) is 2.91. The maximum Gasteiger partial charge on any atom is 0.452 e. The lowest BCUT2D eigenvalue weighted by Crippen LogP contribution is -2.19. The zero-order valence-electron chi connectivity index (χ0n) is 12.9. The minimum Gasteiger partial charge on any atom is -0.390 e. The number of alkyl halides is 3. The highest BCUT2D eigenvalue weighted by Crippen LogP contribution is 2.32. The smallest absolute Gasteiger partial charge is 0.390 e. The molecule has 1 N–H and O–H groups in total. The van der Waals surface area contributed by atoms with Gasteiger partial charge in [-0.3, -0.25) is 4.40 Å². The molecule has 3 aromatic heterocycles. The van der Waals surface area contributed by atoms with Crippen LogP contribution in [0.4, 0.5) is 13.2 Å². The van der Waals surface area contributed by atoms with Gasteiger partial charge >= 0.3 is 6.18 Å². The summed E-state index contributed by atoms with van der Waals surface area (Å²) in [5, 5.41) is 17.0. The number of thioether (sulfide) groups is 1. The first-order valence-electron chi connectivity index (χ1n) is 7.09. The number of aromatic nitrogens is 5. The summed E-state index contributed by atoms with van der Waals surface area (Å²) >= 11 is 1.23. The van der Waals surface area contributed by atoms with Gasteiger partial charge in [-0.25, -0.2) is 9.97 Å². The second kappa shape index (κ2) is 5.85. The quantitative estimate of drug-likeness (QED) is 0.724. The fourth-order valence-electron chi connectivity index (χ4n) is 2.11. The van der Waals surface area contributed by atoms with Crippen LogP contribution in [-0.4, -0.2) is 41.0 Å². The summed E-state index contributed by atoms with van der Waals surface area (Å²) in [6.07, 6.45) is -2.80. The molecule has 0 amide bonds. The number of rotatable bonds is 4. The van der Waals surface area contributed by atoms with Gasteiger partial charge in [0.25, 0.3) is 0 Å². The molecule has 24 heavy (non-hydrogen) atoms. The summed E-state index contributed by atoms with van der Waals surface area (Å²) in [5.41, 5.74) is -0.487. The molecular weight excluding hydrogens is 343 g/mol. The Balaban J connectivity index is 2.14. The zero-order chi connectivity index (χ0) is 17.5. The van der Waals surface area contributed by atoms with Gasteiger partial charge in [-0.05, 0) is 32.4 Å². The maximum absolute atomic E-state index is 13.2. The van der Waals surface area contributed by atoms with Gasteiger partial charge in [-0.1, -0.05) is 0 Å². The molecule has 128 valence electrons. The number of nitrogens with zero attached hydrogens (tertiary/aromatic N) is 5. The van der Waals surface area contributed by atoms with E-state index in [-0.39, 0.29) is 11.3 Å². The zero-order valence-corrected chi connectivity index (χ0v) is 13.7. The molecule has 0 fully saturated rings. The predicted octanol–water partition coefficient (Wildman–Crippen LogP) is 2.94. The minimum atomic E-state index is -4.65. The number of aliphatic hydroxyl groups is 1. The van der Waals surface area contributed by atoms with Crippen molar-refractivity contribution >= 4 is 28.6 Å². The van der Waals surface area contributed by atoms with Crippen molar-refractivity contribution in [2.45, 2.75) is 37.1 Å². The summed E-state index contributed by atoms with van der Waals surface area (Å²) in [5.74, 6) is -0.653. The summed E-state index contributed by atoms with van der Waals surface area (Å²) in [6.45, 7) is 3.33. The molecule has 3 heterocycles. The average molecular weight is 357 g/mol. The first-order valence-corrected chi connectivity index (χ1v) is 8.07. The number of hydrogen-bond acceptors (Lipinski definition) is 6. The lowest BCUT2D eigenvalue weighted by molar-refractivity contribution is -0.145. The van der Waals surface area contributed by atoms with Crippen molar-refractivity contribution < 1.29 is 18.3 Å². The Labute approximate surface area is 139 Å². The van der Waals surface area contributed by atoms with Crippen LogP contribution in [0.3, 0.4) is 0 Å². The molecule has 3 rings (SSSR count). The molecule has 0 aliphatic carbocycles. The number of fused-ring (bicyclic) bond motifs is 3. The van der Waals surface area contributed by atoms with E-state index in [1.807, 2.05) is 0 Å². The molecule has 0 aliphatic rings. The van der Waals surface area contributed by atoms with Gasteiger partial charge in [0.2, 0.25) is 5.82 Å². The van der Waals surface area contributed by atoms with Gasteiger partial charge in [0, 0.05) is 11.9 Å². The maximum atomic E-state index is 13.2. The largest absolute Gasteiger partial charge is 0.452 e. The fourth-order valence-corrected chi connectivity index (χ4v) is 3.33. The Kier molecular flexibility index (Phi) is 4.12. The van der Waals surface area contributed by atoms with Gasteiger partial charge in [-0.2, -0.15) is 13.2 Å². The predicted molar refractivity (Wildman–Crippen MR) is 82.7 cm³/mol. The van der Waals surface area contributed by atoms with Crippen molar-refractivity contribution in [3.8, 4) is 0 Å². The van der Waals surface area contributed by atoms with Crippen molar-refractivity contribution in [1.82, 2.24) is 24.6 Å². The Morgan fingerprint density at radius 3 is 2.62 bits per heavy atom. The Bertz CT molecular complexity index is 888. The third-order valence-corrected chi connectivity index (χ3v) is 4.22. The molecule has 6 nitrogen and oxygen atoms in total. The van der Waals surface area contributed by atoms with Crippen molar-refractivity contribution in [2.24, 2.45) is 0 Å². The summed E-state index contributed by atoms with van der Waals surface area (Å²) in [6, 6.07) is 3.19. The molecule has 0 aliphatic heterocycles. The molecule has 0 unspecified atom stereocenters. The van der Waals surface area contributed by atoms with Crippen LogP contribution in [-0.2, 0) is 6.18 Å². The van der Waals surface area contributed by atoms with Crippen molar-refractivity contribution in [1.29, 1.82) is 0 Å². The molecule has 0 bridgehead atoms. The van der Waals surface area contributed by atoms with E-state index in [0.29, 0.717) is 22.7 Å². The first-order chi connectivity index (χ1) is 11.2. The highest BCUT2D eigenvalue weighted by atomic mass is 32.2. The third-order valence-electron chi connectivity index (χ3n) is 3.26. The van der Waals surface area contributed by atoms with E-state index in [0.717, 1.165) is 4.40 Å². The van der Waals surface area contributed by atoms with Gasteiger partial charge in [0.05, 0.1) is 5.60 Å². The van der Waals surface area contributed by atoms with Crippen LogP contribution in [0, 0.1) is 0 Å². The van der Waals surface area contributed by atoms with Crippen LogP contribution >= 0.6 is 11.8 Å². The van der Waals surface area contributed by atoms with E-state index < -0.39 is 17.6 Å². The van der Waals surface area contributed by atoms with Crippen molar-refractivity contribution in [3.05, 3.63) is 24.2 Å². The van der Waals surface area contributed by atoms with Crippen molar-refractivity contribution in [3.63, 3.8) is 0 Å². The molecule has 0 radical (unpaired) electrons. The molecule has 3 aromatic rings. The van der Waals surface area contributed by atoms with E-state index in [4.69, 9.17) is 0 Å².